The van der Waals surface area contributed by atoms with E-state index in [4.69, 9.17) is 11.2 Å². The Morgan fingerprint density at radius 3 is 2.50 bits per heavy atom. The van der Waals surface area contributed by atoms with Gasteiger partial charge in [-0.05, 0) is 56.3 Å². The SMILES string of the molecule is C#C/C(C1=C(C(=C)C(C)CCC)COC(C)(C)C1)=C(/C)CC. The van der Waals surface area contributed by atoms with Gasteiger partial charge in [-0.3, -0.25) is 0 Å². The lowest BCUT2D eigenvalue weighted by molar-refractivity contribution is -0.0131. The van der Waals surface area contributed by atoms with E-state index in [9.17, 15) is 0 Å². The lowest BCUT2D eigenvalue weighted by atomic mass is 9.80. The highest BCUT2D eigenvalue weighted by Gasteiger charge is 2.31. The molecule has 0 bridgehead atoms. The Morgan fingerprint density at radius 2 is 2.00 bits per heavy atom. The smallest absolute Gasteiger partial charge is 0.0729 e. The van der Waals surface area contributed by atoms with E-state index in [2.05, 4.69) is 54.0 Å². The molecule has 0 aliphatic carbocycles. The number of rotatable bonds is 6. The molecule has 1 rings (SSSR count). The Morgan fingerprint density at radius 1 is 1.36 bits per heavy atom. The van der Waals surface area contributed by atoms with Crippen molar-refractivity contribution < 1.29 is 4.74 Å². The van der Waals surface area contributed by atoms with Crippen molar-refractivity contribution in [2.75, 3.05) is 6.61 Å². The highest BCUT2D eigenvalue weighted by molar-refractivity contribution is 5.55. The molecule has 0 radical (unpaired) electrons. The van der Waals surface area contributed by atoms with Crippen molar-refractivity contribution in [2.45, 2.75) is 72.8 Å². The molecule has 122 valence electrons. The van der Waals surface area contributed by atoms with Gasteiger partial charge in [0.25, 0.3) is 0 Å². The molecule has 0 saturated carbocycles. The normalized spacial score (nSPS) is 20.2. The molecule has 1 unspecified atom stereocenters. The van der Waals surface area contributed by atoms with Gasteiger partial charge in [0, 0.05) is 12.0 Å². The maximum absolute atomic E-state index is 6.06. The third kappa shape index (κ3) is 4.37. The Bertz CT molecular complexity index is 523. The molecule has 0 aromatic heterocycles. The predicted octanol–water partition coefficient (Wildman–Crippen LogP) is 5.83. The van der Waals surface area contributed by atoms with E-state index >= 15 is 0 Å². The molecule has 0 fully saturated rings. The monoisotopic (exact) mass is 300 g/mol. The zero-order valence-corrected chi connectivity index (χ0v) is 15.3. The Labute approximate surface area is 137 Å². The highest BCUT2D eigenvalue weighted by atomic mass is 16.5. The van der Waals surface area contributed by atoms with Gasteiger partial charge >= 0.3 is 0 Å². The first-order chi connectivity index (χ1) is 10.3. The first-order valence-electron chi connectivity index (χ1n) is 8.49. The summed E-state index contributed by atoms with van der Waals surface area (Å²) in [6, 6.07) is 0. The van der Waals surface area contributed by atoms with E-state index in [1.807, 2.05) is 0 Å². The summed E-state index contributed by atoms with van der Waals surface area (Å²) in [7, 11) is 0. The molecule has 0 saturated heterocycles. The minimum absolute atomic E-state index is 0.163. The molecule has 1 aliphatic heterocycles. The van der Waals surface area contributed by atoms with Crippen LogP contribution in [0, 0.1) is 18.3 Å². The maximum atomic E-state index is 6.06. The maximum Gasteiger partial charge on any atom is 0.0729 e. The lowest BCUT2D eigenvalue weighted by Crippen LogP contribution is -2.32. The van der Waals surface area contributed by atoms with Crippen LogP contribution < -0.4 is 0 Å². The average Bonchev–Trinajstić information content (AvgIpc) is 2.46. The first kappa shape index (κ1) is 18.8. The topological polar surface area (TPSA) is 9.23 Å². The second-order valence-corrected chi connectivity index (χ2v) is 7.05. The fourth-order valence-corrected chi connectivity index (χ4v) is 3.01. The number of hydrogen-bond acceptors (Lipinski definition) is 1. The zero-order chi connectivity index (χ0) is 16.9. The van der Waals surface area contributed by atoms with Gasteiger partial charge < -0.3 is 4.74 Å². The molecule has 1 heteroatoms. The van der Waals surface area contributed by atoms with Crippen LogP contribution in [0.1, 0.15) is 67.2 Å². The van der Waals surface area contributed by atoms with Crippen LogP contribution in [0.4, 0.5) is 0 Å². The molecule has 1 heterocycles. The summed E-state index contributed by atoms with van der Waals surface area (Å²) in [6.07, 6.45) is 10.0. The summed E-state index contributed by atoms with van der Waals surface area (Å²) in [6.45, 7) is 18.0. The van der Waals surface area contributed by atoms with E-state index < -0.39 is 0 Å². The van der Waals surface area contributed by atoms with Crippen molar-refractivity contribution in [3.05, 3.63) is 34.4 Å². The lowest BCUT2D eigenvalue weighted by Gasteiger charge is -2.36. The van der Waals surface area contributed by atoms with E-state index in [-0.39, 0.29) is 5.60 Å². The van der Waals surface area contributed by atoms with E-state index in [0.29, 0.717) is 12.5 Å². The molecular formula is C21H32O. The summed E-state index contributed by atoms with van der Waals surface area (Å²) < 4.78 is 6.06. The molecule has 0 aromatic rings. The van der Waals surface area contributed by atoms with Crippen LogP contribution >= 0.6 is 0 Å². The molecule has 0 N–H and O–H groups in total. The van der Waals surface area contributed by atoms with Crippen molar-refractivity contribution in [3.8, 4) is 12.3 Å². The summed E-state index contributed by atoms with van der Waals surface area (Å²) in [4.78, 5) is 0. The van der Waals surface area contributed by atoms with Crippen molar-refractivity contribution in [2.24, 2.45) is 5.92 Å². The molecule has 0 amide bonds. The van der Waals surface area contributed by atoms with Crippen LogP contribution in [-0.4, -0.2) is 12.2 Å². The first-order valence-corrected chi connectivity index (χ1v) is 8.49. The molecule has 22 heavy (non-hydrogen) atoms. The molecule has 0 aromatic carbocycles. The zero-order valence-electron chi connectivity index (χ0n) is 15.3. The number of hydrogen-bond donors (Lipinski definition) is 0. The van der Waals surface area contributed by atoms with Gasteiger partial charge in [-0.1, -0.05) is 45.3 Å². The fraction of sp³-hybridized carbons (Fsp3) is 0.619. The third-order valence-corrected chi connectivity index (χ3v) is 4.68. The van der Waals surface area contributed by atoms with Gasteiger partial charge in [0.2, 0.25) is 0 Å². The molecule has 1 nitrogen and oxygen atoms in total. The largest absolute Gasteiger partial charge is 0.371 e. The van der Waals surface area contributed by atoms with Crippen LogP contribution in [0.15, 0.2) is 34.4 Å². The quantitative estimate of drug-likeness (QED) is 0.560. The van der Waals surface area contributed by atoms with Crippen molar-refractivity contribution in [1.82, 2.24) is 0 Å². The fourth-order valence-electron chi connectivity index (χ4n) is 3.01. The van der Waals surface area contributed by atoms with Crippen LogP contribution in [-0.2, 0) is 4.74 Å². The van der Waals surface area contributed by atoms with Gasteiger partial charge in [0.05, 0.1) is 12.2 Å². The van der Waals surface area contributed by atoms with Gasteiger partial charge in [0.15, 0.2) is 0 Å². The van der Waals surface area contributed by atoms with Gasteiger partial charge in [0.1, 0.15) is 0 Å². The van der Waals surface area contributed by atoms with Crippen molar-refractivity contribution in [3.63, 3.8) is 0 Å². The summed E-state index contributed by atoms with van der Waals surface area (Å²) in [5.41, 5.74) is 5.90. The Hall–Kier alpha value is -1.26. The number of terminal acetylenes is 1. The molecular weight excluding hydrogens is 268 g/mol. The second-order valence-electron chi connectivity index (χ2n) is 7.05. The predicted molar refractivity (Wildman–Crippen MR) is 96.7 cm³/mol. The van der Waals surface area contributed by atoms with Crippen molar-refractivity contribution >= 4 is 0 Å². The minimum atomic E-state index is -0.163. The number of allylic oxidation sites excluding steroid dienone is 2. The van der Waals surface area contributed by atoms with Gasteiger partial charge in [-0.2, -0.15) is 0 Å². The minimum Gasteiger partial charge on any atom is -0.371 e. The second kappa shape index (κ2) is 7.84. The van der Waals surface area contributed by atoms with Crippen LogP contribution in [0.5, 0.6) is 0 Å². The highest BCUT2D eigenvalue weighted by Crippen LogP contribution is 2.38. The van der Waals surface area contributed by atoms with Gasteiger partial charge in [-0.25, -0.2) is 0 Å². The Kier molecular flexibility index (Phi) is 6.69. The van der Waals surface area contributed by atoms with Crippen LogP contribution in [0.3, 0.4) is 0 Å². The van der Waals surface area contributed by atoms with Gasteiger partial charge in [-0.15, -0.1) is 6.42 Å². The van der Waals surface area contributed by atoms with Crippen LogP contribution in [0.25, 0.3) is 0 Å². The standard InChI is InChI=1S/C21H32O/c1-9-12-16(5)17(6)20-14-22-21(7,8)13-19(20)18(11-3)15(4)10-2/h3,16H,6,9-10,12-14H2,1-2,4-5,7-8H3/b18-15+. The van der Waals surface area contributed by atoms with Crippen molar-refractivity contribution in [1.29, 1.82) is 0 Å². The third-order valence-electron chi connectivity index (χ3n) is 4.68. The summed E-state index contributed by atoms with van der Waals surface area (Å²) in [5, 5.41) is 0. The molecule has 1 aliphatic rings. The molecule has 1 atom stereocenters. The summed E-state index contributed by atoms with van der Waals surface area (Å²) in [5.74, 6) is 3.41. The Balaban J connectivity index is 3.37. The van der Waals surface area contributed by atoms with Crippen LogP contribution in [0.2, 0.25) is 0 Å². The molecule has 0 spiro atoms. The van der Waals surface area contributed by atoms with E-state index in [1.54, 1.807) is 0 Å². The average molecular weight is 300 g/mol. The summed E-state index contributed by atoms with van der Waals surface area (Å²) >= 11 is 0. The number of ether oxygens (including phenoxy) is 1. The van der Waals surface area contributed by atoms with E-state index in [1.165, 1.54) is 28.7 Å². The van der Waals surface area contributed by atoms with E-state index in [0.717, 1.165) is 24.8 Å².